The molecule has 0 N–H and O–H groups in total. The average molecular weight is 347 g/mol. The quantitative estimate of drug-likeness (QED) is 0.616. The van der Waals surface area contributed by atoms with Crippen molar-refractivity contribution in [2.45, 2.75) is 20.4 Å². The molecule has 0 aliphatic carbocycles. The van der Waals surface area contributed by atoms with Crippen molar-refractivity contribution >= 4 is 23.5 Å². The number of ether oxygens (including phenoxy) is 1. The summed E-state index contributed by atoms with van der Waals surface area (Å²) in [7, 11) is 1.68. The number of aromatic nitrogens is 1. The van der Waals surface area contributed by atoms with E-state index in [-0.39, 0.29) is 23.2 Å². The predicted molar refractivity (Wildman–Crippen MR) is 91.9 cm³/mol. The van der Waals surface area contributed by atoms with Gasteiger partial charge in [-0.3, -0.25) is 4.79 Å². The molecule has 2 aromatic rings. The van der Waals surface area contributed by atoms with Crippen LogP contribution in [-0.2, 0) is 16.1 Å². The average Bonchev–Trinajstić information content (AvgIpc) is 2.55. The van der Waals surface area contributed by atoms with Crippen LogP contribution in [0, 0.1) is 13.8 Å². The van der Waals surface area contributed by atoms with Gasteiger partial charge in [-0.1, -0.05) is 35.4 Å². The van der Waals surface area contributed by atoms with Gasteiger partial charge in [-0.05, 0) is 37.1 Å². The Morgan fingerprint density at radius 2 is 1.96 bits per heavy atom. The van der Waals surface area contributed by atoms with Crippen molar-refractivity contribution in [2.75, 3.05) is 13.7 Å². The number of rotatable bonds is 5. The number of halogens is 1. The Labute approximate surface area is 146 Å². The molecule has 1 aromatic carbocycles. The van der Waals surface area contributed by atoms with Gasteiger partial charge in [0.1, 0.15) is 5.15 Å². The third kappa shape index (κ3) is 4.80. The lowest BCUT2D eigenvalue weighted by molar-refractivity contribution is -0.133. The predicted octanol–water partition coefficient (Wildman–Crippen LogP) is 3.17. The number of aryl methyl sites for hydroxylation is 2. The SMILES string of the molecule is Cc1ccc(CN(C)C(=O)COC(=O)c2ccc(Cl)nc2)c(C)c1. The smallest absolute Gasteiger partial charge is 0.340 e. The van der Waals surface area contributed by atoms with Crippen LogP contribution >= 0.6 is 11.6 Å². The van der Waals surface area contributed by atoms with Gasteiger partial charge in [-0.25, -0.2) is 9.78 Å². The summed E-state index contributed by atoms with van der Waals surface area (Å²) >= 11 is 5.66. The first kappa shape index (κ1) is 17.9. The zero-order valence-corrected chi connectivity index (χ0v) is 14.6. The summed E-state index contributed by atoms with van der Waals surface area (Å²) in [6, 6.07) is 9.07. The lowest BCUT2D eigenvalue weighted by atomic mass is 10.1. The Morgan fingerprint density at radius 3 is 2.58 bits per heavy atom. The molecule has 24 heavy (non-hydrogen) atoms. The standard InChI is InChI=1S/C18H19ClN2O3/c1-12-4-5-15(13(2)8-12)10-21(3)17(22)11-24-18(23)14-6-7-16(19)20-9-14/h4-9H,10-11H2,1-3H3. The Kier molecular flexibility index (Phi) is 5.93. The molecule has 0 aliphatic heterocycles. The van der Waals surface area contributed by atoms with E-state index in [4.69, 9.17) is 16.3 Å². The van der Waals surface area contributed by atoms with Crippen molar-refractivity contribution < 1.29 is 14.3 Å². The van der Waals surface area contributed by atoms with Gasteiger partial charge >= 0.3 is 5.97 Å². The number of likely N-dealkylation sites (N-methyl/N-ethyl adjacent to an activating group) is 1. The molecular weight excluding hydrogens is 328 g/mol. The molecule has 6 heteroatoms. The van der Waals surface area contributed by atoms with E-state index in [2.05, 4.69) is 11.1 Å². The van der Waals surface area contributed by atoms with E-state index in [1.807, 2.05) is 26.0 Å². The number of hydrogen-bond donors (Lipinski definition) is 0. The van der Waals surface area contributed by atoms with Crippen LogP contribution in [0.1, 0.15) is 27.0 Å². The van der Waals surface area contributed by atoms with Gasteiger partial charge in [0.25, 0.3) is 5.91 Å². The summed E-state index contributed by atoms with van der Waals surface area (Å²) in [6.45, 7) is 4.18. The van der Waals surface area contributed by atoms with E-state index < -0.39 is 5.97 Å². The summed E-state index contributed by atoms with van der Waals surface area (Å²) in [5.74, 6) is -0.877. The fourth-order valence-corrected chi connectivity index (χ4v) is 2.30. The van der Waals surface area contributed by atoms with Crippen LogP contribution in [0.2, 0.25) is 5.15 Å². The molecule has 1 aromatic heterocycles. The maximum Gasteiger partial charge on any atom is 0.340 e. The van der Waals surface area contributed by atoms with Gasteiger partial charge in [0.15, 0.2) is 6.61 Å². The number of nitrogens with zero attached hydrogens (tertiary/aromatic N) is 2. The minimum atomic E-state index is -0.604. The maximum atomic E-state index is 12.1. The minimum absolute atomic E-state index is 0.254. The molecule has 1 amide bonds. The van der Waals surface area contributed by atoms with Crippen molar-refractivity contribution in [1.82, 2.24) is 9.88 Å². The van der Waals surface area contributed by atoms with E-state index in [9.17, 15) is 9.59 Å². The minimum Gasteiger partial charge on any atom is -0.452 e. The first-order valence-corrected chi connectivity index (χ1v) is 7.83. The van der Waals surface area contributed by atoms with Gasteiger partial charge in [-0.15, -0.1) is 0 Å². The second kappa shape index (κ2) is 7.93. The van der Waals surface area contributed by atoms with Crippen LogP contribution in [-0.4, -0.2) is 35.4 Å². The molecule has 0 unspecified atom stereocenters. The van der Waals surface area contributed by atoms with Crippen LogP contribution in [0.15, 0.2) is 36.5 Å². The summed E-state index contributed by atoms with van der Waals surface area (Å²) < 4.78 is 5.02. The van der Waals surface area contributed by atoms with Crippen LogP contribution in [0.5, 0.6) is 0 Å². The van der Waals surface area contributed by atoms with Crippen molar-refractivity contribution in [2.24, 2.45) is 0 Å². The number of carbonyl (C=O) groups is 2. The van der Waals surface area contributed by atoms with Gasteiger partial charge in [0.2, 0.25) is 0 Å². The highest BCUT2D eigenvalue weighted by Crippen LogP contribution is 2.13. The molecule has 1 heterocycles. The van der Waals surface area contributed by atoms with Crippen molar-refractivity contribution in [3.8, 4) is 0 Å². The summed E-state index contributed by atoms with van der Waals surface area (Å²) in [4.78, 5) is 29.3. The summed E-state index contributed by atoms with van der Waals surface area (Å²) in [5.41, 5.74) is 3.61. The number of amides is 1. The van der Waals surface area contributed by atoms with E-state index >= 15 is 0 Å². The van der Waals surface area contributed by atoms with Gasteiger partial charge < -0.3 is 9.64 Å². The molecule has 0 atom stereocenters. The maximum absolute atomic E-state index is 12.1. The van der Waals surface area contributed by atoms with Gasteiger partial charge in [0, 0.05) is 19.8 Å². The number of esters is 1. The molecule has 2 rings (SSSR count). The molecule has 0 spiro atoms. The molecule has 5 nitrogen and oxygen atoms in total. The van der Waals surface area contributed by atoms with E-state index in [1.54, 1.807) is 7.05 Å². The highest BCUT2D eigenvalue weighted by atomic mass is 35.5. The highest BCUT2D eigenvalue weighted by molar-refractivity contribution is 6.29. The zero-order chi connectivity index (χ0) is 17.7. The number of benzene rings is 1. The van der Waals surface area contributed by atoms with E-state index in [1.165, 1.54) is 28.8 Å². The fourth-order valence-electron chi connectivity index (χ4n) is 2.18. The van der Waals surface area contributed by atoms with Crippen LogP contribution in [0.4, 0.5) is 0 Å². The zero-order valence-electron chi connectivity index (χ0n) is 13.9. The third-order valence-corrected chi connectivity index (χ3v) is 3.84. The fraction of sp³-hybridized carbons (Fsp3) is 0.278. The van der Waals surface area contributed by atoms with Gasteiger partial charge in [0.05, 0.1) is 5.56 Å². The Hall–Kier alpha value is -2.40. The van der Waals surface area contributed by atoms with Gasteiger partial charge in [-0.2, -0.15) is 0 Å². The topological polar surface area (TPSA) is 59.5 Å². The monoisotopic (exact) mass is 346 g/mol. The van der Waals surface area contributed by atoms with Crippen molar-refractivity contribution in [1.29, 1.82) is 0 Å². The second-order valence-electron chi connectivity index (χ2n) is 5.63. The van der Waals surface area contributed by atoms with Crippen LogP contribution < -0.4 is 0 Å². The molecule has 0 fully saturated rings. The largest absolute Gasteiger partial charge is 0.452 e. The molecule has 0 saturated carbocycles. The van der Waals surface area contributed by atoms with Crippen LogP contribution in [0.3, 0.4) is 0 Å². The molecule has 0 aliphatic rings. The molecule has 0 radical (unpaired) electrons. The van der Waals surface area contributed by atoms with Crippen molar-refractivity contribution in [3.05, 3.63) is 63.9 Å². The Bertz CT molecular complexity index is 744. The van der Waals surface area contributed by atoms with Crippen LogP contribution in [0.25, 0.3) is 0 Å². The lowest BCUT2D eigenvalue weighted by Gasteiger charge is -2.18. The Balaban J connectivity index is 1.89. The normalized spacial score (nSPS) is 10.3. The molecule has 0 bridgehead atoms. The summed E-state index contributed by atoms with van der Waals surface area (Å²) in [5, 5.41) is 0.288. The number of carbonyl (C=O) groups excluding carboxylic acids is 2. The van der Waals surface area contributed by atoms with E-state index in [0.717, 1.165) is 11.1 Å². The van der Waals surface area contributed by atoms with Crippen molar-refractivity contribution in [3.63, 3.8) is 0 Å². The molecule has 126 valence electrons. The Morgan fingerprint density at radius 1 is 1.21 bits per heavy atom. The number of pyridine rings is 1. The number of hydrogen-bond acceptors (Lipinski definition) is 4. The van der Waals surface area contributed by atoms with E-state index in [0.29, 0.717) is 6.54 Å². The first-order chi connectivity index (χ1) is 11.4. The second-order valence-corrected chi connectivity index (χ2v) is 6.01. The molecule has 0 saturated heterocycles. The lowest BCUT2D eigenvalue weighted by Crippen LogP contribution is -2.31. The first-order valence-electron chi connectivity index (χ1n) is 7.45. The third-order valence-electron chi connectivity index (χ3n) is 3.62. The molecular formula is C18H19ClN2O3. The summed E-state index contributed by atoms with van der Waals surface area (Å²) in [6.07, 6.45) is 1.31. The highest BCUT2D eigenvalue weighted by Gasteiger charge is 2.14.